The van der Waals surface area contributed by atoms with E-state index in [-0.39, 0.29) is 6.03 Å². The molecule has 1 fully saturated rings. The van der Waals surface area contributed by atoms with Crippen molar-refractivity contribution in [3.63, 3.8) is 0 Å². The fraction of sp³-hybridized carbons (Fsp3) is 0.581. The highest BCUT2D eigenvalue weighted by Gasteiger charge is 2.45. The molecule has 1 saturated heterocycles. The van der Waals surface area contributed by atoms with Gasteiger partial charge in [0.1, 0.15) is 12.2 Å². The van der Waals surface area contributed by atoms with Gasteiger partial charge in [0, 0.05) is 13.1 Å². The Balaban J connectivity index is 1.92. The summed E-state index contributed by atoms with van der Waals surface area (Å²) >= 11 is 0. The number of carbonyl (C=O) groups excluding carboxylic acids is 1. The Morgan fingerprint density at radius 1 is 0.632 bits per heavy atom. The van der Waals surface area contributed by atoms with Crippen molar-refractivity contribution in [3.05, 3.63) is 71.8 Å². The van der Waals surface area contributed by atoms with Crippen molar-refractivity contribution < 1.29 is 15.0 Å². The van der Waals surface area contributed by atoms with Crippen LogP contribution in [0.4, 0.5) is 4.79 Å². The van der Waals surface area contributed by atoms with Gasteiger partial charge >= 0.3 is 6.03 Å². The number of hydrogen-bond acceptors (Lipinski definition) is 5. The van der Waals surface area contributed by atoms with E-state index in [4.69, 9.17) is 0 Å². The Hall–Kier alpha value is -2.45. The molecule has 1 aliphatic rings. The van der Waals surface area contributed by atoms with Crippen molar-refractivity contribution in [2.45, 2.75) is 62.8 Å². The topological polar surface area (TPSA) is 70.5 Å². The molecule has 0 aliphatic carbocycles. The molecule has 2 N–H and O–H groups in total. The molecule has 0 saturated carbocycles. The lowest BCUT2D eigenvalue weighted by Crippen LogP contribution is -2.51. The average molecular weight is 525 g/mol. The summed E-state index contributed by atoms with van der Waals surface area (Å²) in [7, 11) is 8.22. The predicted molar refractivity (Wildman–Crippen MR) is 154 cm³/mol. The summed E-state index contributed by atoms with van der Waals surface area (Å²) in [6.45, 7) is 3.00. The highest BCUT2D eigenvalue weighted by Crippen LogP contribution is 2.28. The molecule has 0 aromatic heterocycles. The Morgan fingerprint density at radius 2 is 1.00 bits per heavy atom. The van der Waals surface area contributed by atoms with E-state index in [1.54, 1.807) is 0 Å². The molecule has 0 radical (unpaired) electrons. The van der Waals surface area contributed by atoms with Crippen LogP contribution in [0.2, 0.25) is 0 Å². The van der Waals surface area contributed by atoms with E-state index < -0.39 is 24.3 Å². The van der Waals surface area contributed by atoms with Crippen LogP contribution in [0, 0.1) is 0 Å². The van der Waals surface area contributed by atoms with Crippen molar-refractivity contribution in [1.29, 1.82) is 0 Å². The number of amides is 2. The Labute approximate surface area is 229 Å². The third-order valence-electron chi connectivity index (χ3n) is 7.51. The van der Waals surface area contributed by atoms with Crippen molar-refractivity contribution >= 4 is 6.03 Å². The molecule has 210 valence electrons. The fourth-order valence-electron chi connectivity index (χ4n) is 5.39. The summed E-state index contributed by atoms with van der Waals surface area (Å²) in [5.41, 5.74) is 2.10. The molecule has 7 heteroatoms. The smallest absolute Gasteiger partial charge is 0.320 e. The van der Waals surface area contributed by atoms with Gasteiger partial charge in [0.15, 0.2) is 0 Å². The van der Waals surface area contributed by atoms with Gasteiger partial charge in [-0.05, 0) is 90.9 Å². The highest BCUT2D eigenvalue weighted by molar-refractivity contribution is 5.76. The summed E-state index contributed by atoms with van der Waals surface area (Å²) in [6, 6.07) is 18.9. The van der Waals surface area contributed by atoms with Crippen LogP contribution in [0.15, 0.2) is 60.7 Å². The Kier molecular flexibility index (Phi) is 12.1. The van der Waals surface area contributed by atoms with Crippen LogP contribution >= 0.6 is 0 Å². The largest absolute Gasteiger partial charge is 0.388 e. The van der Waals surface area contributed by atoms with Gasteiger partial charge in [-0.15, -0.1) is 0 Å². The molecule has 2 aromatic rings. The lowest BCUT2D eigenvalue weighted by Gasteiger charge is -2.36. The molecule has 0 bridgehead atoms. The minimum atomic E-state index is -1.05. The summed E-state index contributed by atoms with van der Waals surface area (Å²) < 4.78 is 0. The van der Waals surface area contributed by atoms with Crippen LogP contribution in [-0.2, 0) is 12.8 Å². The molecule has 0 unspecified atom stereocenters. The zero-order valence-corrected chi connectivity index (χ0v) is 23.7. The van der Waals surface area contributed by atoms with E-state index >= 15 is 0 Å². The second-order valence-electron chi connectivity index (χ2n) is 11.2. The van der Waals surface area contributed by atoms with Crippen molar-refractivity contribution in [3.8, 4) is 0 Å². The number of urea groups is 1. The highest BCUT2D eigenvalue weighted by atomic mass is 16.3. The van der Waals surface area contributed by atoms with E-state index in [9.17, 15) is 15.0 Å². The molecule has 2 aromatic carbocycles. The fourth-order valence-corrected chi connectivity index (χ4v) is 5.39. The molecule has 1 heterocycles. The Bertz CT molecular complexity index is 865. The number of hydrogen-bond donors (Lipinski definition) is 2. The van der Waals surface area contributed by atoms with Gasteiger partial charge in [-0.25, -0.2) is 4.79 Å². The number of unbranched alkanes of at least 4 members (excludes halogenated alkanes) is 2. The van der Waals surface area contributed by atoms with Crippen LogP contribution in [0.5, 0.6) is 0 Å². The van der Waals surface area contributed by atoms with Gasteiger partial charge in [-0.2, -0.15) is 0 Å². The Morgan fingerprint density at radius 3 is 1.34 bits per heavy atom. The van der Waals surface area contributed by atoms with E-state index in [0.29, 0.717) is 25.9 Å². The third-order valence-corrected chi connectivity index (χ3v) is 7.51. The first-order chi connectivity index (χ1) is 18.3. The van der Waals surface area contributed by atoms with E-state index in [1.807, 2.05) is 70.5 Å². The number of benzene rings is 2. The van der Waals surface area contributed by atoms with Crippen molar-refractivity contribution in [1.82, 2.24) is 19.6 Å². The number of rotatable bonds is 14. The van der Waals surface area contributed by atoms with Gasteiger partial charge in [-0.1, -0.05) is 60.7 Å². The zero-order valence-electron chi connectivity index (χ0n) is 23.7. The zero-order chi connectivity index (χ0) is 27.5. The molecule has 3 rings (SSSR count). The van der Waals surface area contributed by atoms with E-state index in [0.717, 1.165) is 49.9 Å². The van der Waals surface area contributed by atoms with Gasteiger partial charge in [-0.3, -0.25) is 0 Å². The first kappa shape index (κ1) is 30.1. The molecule has 1 aliphatic heterocycles. The van der Waals surface area contributed by atoms with E-state index in [1.165, 1.54) is 0 Å². The summed E-state index contributed by atoms with van der Waals surface area (Å²) in [5.74, 6) is 0. The van der Waals surface area contributed by atoms with E-state index in [2.05, 4.69) is 38.0 Å². The first-order valence-corrected chi connectivity index (χ1v) is 14.1. The van der Waals surface area contributed by atoms with Gasteiger partial charge in [0.25, 0.3) is 0 Å². The van der Waals surface area contributed by atoms with Crippen molar-refractivity contribution in [2.75, 3.05) is 54.4 Å². The second-order valence-corrected chi connectivity index (χ2v) is 11.2. The van der Waals surface area contributed by atoms with Gasteiger partial charge in [0.2, 0.25) is 0 Å². The number of aliphatic hydroxyl groups is 2. The molecule has 0 spiro atoms. The summed E-state index contributed by atoms with van der Waals surface area (Å²) in [5, 5.41) is 23.3. The lowest BCUT2D eigenvalue weighted by molar-refractivity contribution is -0.0397. The number of carbonyl (C=O) groups is 1. The summed E-state index contributed by atoms with van der Waals surface area (Å²) in [4.78, 5) is 22.3. The molecule has 2 amide bonds. The van der Waals surface area contributed by atoms with Gasteiger partial charge < -0.3 is 29.8 Å². The molecule has 4 atom stereocenters. The maximum absolute atomic E-state index is 14.3. The second kappa shape index (κ2) is 15.2. The third kappa shape index (κ3) is 8.80. The van der Waals surface area contributed by atoms with Crippen LogP contribution in [0.1, 0.15) is 36.8 Å². The molecular formula is C31H48N4O3. The minimum Gasteiger partial charge on any atom is -0.388 e. The minimum absolute atomic E-state index is 0.0721. The first-order valence-electron chi connectivity index (χ1n) is 14.1. The van der Waals surface area contributed by atoms with Crippen LogP contribution < -0.4 is 0 Å². The quantitative estimate of drug-likeness (QED) is 0.371. The maximum atomic E-state index is 14.3. The number of nitrogens with zero attached hydrogens (tertiary/aromatic N) is 4. The predicted octanol–water partition coefficient (Wildman–Crippen LogP) is 3.35. The maximum Gasteiger partial charge on any atom is 0.320 e. The monoisotopic (exact) mass is 524 g/mol. The normalized spacial score (nSPS) is 22.4. The SMILES string of the molecule is CN(C)CCCCN1C(=O)N(CCCCN(C)C)[C@H](Cc2ccccc2)[C@H](O)[C@@H](O)[C@H]1Cc1ccccc1. The summed E-state index contributed by atoms with van der Waals surface area (Å²) in [6.07, 6.45) is 2.52. The standard InChI is InChI=1S/C31H48N4O3/c1-32(2)19-11-13-21-34-27(23-25-15-7-5-8-16-25)29(36)30(37)28(24-26-17-9-6-10-18-26)35(31(34)38)22-14-12-20-33(3)4/h5-10,15-18,27-30,36-37H,11-14,19-24H2,1-4H3/t27-,28-,29+,30+/m1/s1. The molecule has 38 heavy (non-hydrogen) atoms. The van der Waals surface area contributed by atoms with Gasteiger partial charge in [0.05, 0.1) is 12.1 Å². The van der Waals surface area contributed by atoms with Crippen LogP contribution in [-0.4, -0.2) is 115 Å². The molecule has 7 nitrogen and oxygen atoms in total. The molecular weight excluding hydrogens is 476 g/mol. The van der Waals surface area contributed by atoms with Crippen molar-refractivity contribution in [2.24, 2.45) is 0 Å². The number of aliphatic hydroxyl groups excluding tert-OH is 2. The lowest BCUT2D eigenvalue weighted by atomic mass is 9.91. The van der Waals surface area contributed by atoms with Crippen LogP contribution in [0.3, 0.4) is 0 Å². The average Bonchev–Trinajstić information content (AvgIpc) is 2.96. The van der Waals surface area contributed by atoms with Crippen LogP contribution in [0.25, 0.3) is 0 Å².